The molecule has 2 heterocycles. The van der Waals surface area contributed by atoms with Crippen LogP contribution in [0.5, 0.6) is 0 Å². The molecule has 0 saturated carbocycles. The zero-order valence-corrected chi connectivity index (χ0v) is 15.8. The van der Waals surface area contributed by atoms with E-state index < -0.39 is 5.82 Å². The summed E-state index contributed by atoms with van der Waals surface area (Å²) in [5.41, 5.74) is 0.109. The first kappa shape index (κ1) is 18.9. The number of carbonyl (C=O) groups excluding carboxylic acids is 2. The van der Waals surface area contributed by atoms with E-state index in [2.05, 4.69) is 13.8 Å². The fourth-order valence-electron chi connectivity index (χ4n) is 4.24. The lowest BCUT2D eigenvalue weighted by Gasteiger charge is -2.48. The number of likely N-dealkylation sites (tertiary alicyclic amines) is 2. The van der Waals surface area contributed by atoms with Crippen molar-refractivity contribution in [3.05, 3.63) is 35.6 Å². The predicted molar refractivity (Wildman–Crippen MR) is 99.2 cm³/mol. The van der Waals surface area contributed by atoms with Crippen molar-refractivity contribution in [2.45, 2.75) is 46.0 Å². The molecule has 1 aromatic carbocycles. The van der Waals surface area contributed by atoms with E-state index in [1.54, 1.807) is 23.1 Å². The van der Waals surface area contributed by atoms with Crippen LogP contribution >= 0.6 is 0 Å². The van der Waals surface area contributed by atoms with Gasteiger partial charge in [0.1, 0.15) is 5.82 Å². The maximum absolute atomic E-state index is 14.0. The summed E-state index contributed by atoms with van der Waals surface area (Å²) >= 11 is 0. The summed E-state index contributed by atoms with van der Waals surface area (Å²) in [5.74, 6) is 0.0994. The van der Waals surface area contributed by atoms with Gasteiger partial charge in [0.15, 0.2) is 0 Å². The van der Waals surface area contributed by atoms with Crippen molar-refractivity contribution < 1.29 is 14.0 Å². The Morgan fingerprint density at radius 1 is 1.23 bits per heavy atom. The molecule has 0 radical (unpaired) electrons. The van der Waals surface area contributed by atoms with E-state index in [-0.39, 0.29) is 22.8 Å². The Morgan fingerprint density at radius 3 is 2.73 bits per heavy atom. The van der Waals surface area contributed by atoms with Crippen LogP contribution in [0.1, 0.15) is 56.3 Å². The van der Waals surface area contributed by atoms with Crippen molar-refractivity contribution in [3.63, 3.8) is 0 Å². The molecular weight excluding hydrogens is 331 g/mol. The molecule has 1 aromatic rings. The van der Waals surface area contributed by atoms with Gasteiger partial charge in [-0.2, -0.15) is 0 Å². The zero-order chi connectivity index (χ0) is 18.7. The van der Waals surface area contributed by atoms with E-state index in [9.17, 15) is 14.0 Å². The van der Waals surface area contributed by atoms with Crippen LogP contribution in [-0.4, -0.2) is 47.8 Å². The van der Waals surface area contributed by atoms with Crippen molar-refractivity contribution >= 4 is 11.8 Å². The first-order valence-electron chi connectivity index (χ1n) is 9.72. The largest absolute Gasteiger partial charge is 0.342 e. The second kappa shape index (κ2) is 7.77. The molecule has 0 unspecified atom stereocenters. The molecular formula is C21H29FN2O2. The van der Waals surface area contributed by atoms with Gasteiger partial charge in [0.25, 0.3) is 5.91 Å². The van der Waals surface area contributed by atoms with Crippen LogP contribution in [0.15, 0.2) is 24.3 Å². The van der Waals surface area contributed by atoms with E-state index in [0.29, 0.717) is 25.4 Å². The van der Waals surface area contributed by atoms with Crippen LogP contribution < -0.4 is 0 Å². The first-order valence-corrected chi connectivity index (χ1v) is 9.72. The van der Waals surface area contributed by atoms with Gasteiger partial charge in [-0.3, -0.25) is 9.59 Å². The number of halogens is 1. The molecule has 2 aliphatic heterocycles. The van der Waals surface area contributed by atoms with Crippen molar-refractivity contribution in [3.8, 4) is 0 Å². The molecule has 1 atom stereocenters. The fraction of sp³-hybridized carbons (Fsp3) is 0.619. The minimum absolute atomic E-state index is 0.0376. The van der Waals surface area contributed by atoms with Gasteiger partial charge >= 0.3 is 0 Å². The molecule has 2 amide bonds. The lowest BCUT2D eigenvalue weighted by Crippen LogP contribution is -2.55. The van der Waals surface area contributed by atoms with Crippen molar-refractivity contribution in [1.29, 1.82) is 0 Å². The maximum atomic E-state index is 14.0. The van der Waals surface area contributed by atoms with E-state index in [0.717, 1.165) is 38.8 Å². The minimum Gasteiger partial charge on any atom is -0.342 e. The Hall–Kier alpha value is -1.91. The van der Waals surface area contributed by atoms with Gasteiger partial charge in [-0.1, -0.05) is 26.0 Å². The van der Waals surface area contributed by atoms with E-state index in [4.69, 9.17) is 0 Å². The maximum Gasteiger partial charge on any atom is 0.256 e. The number of amides is 2. The quantitative estimate of drug-likeness (QED) is 0.821. The summed E-state index contributed by atoms with van der Waals surface area (Å²) in [7, 11) is 0. The van der Waals surface area contributed by atoms with Crippen molar-refractivity contribution in [1.82, 2.24) is 9.80 Å². The molecule has 0 N–H and O–H groups in total. The first-order chi connectivity index (χ1) is 12.4. The summed E-state index contributed by atoms with van der Waals surface area (Å²) in [4.78, 5) is 28.9. The summed E-state index contributed by atoms with van der Waals surface area (Å²) in [5, 5.41) is 0. The third-order valence-corrected chi connectivity index (χ3v) is 5.78. The number of piperidine rings is 2. The molecule has 1 spiro atoms. The Bertz CT molecular complexity index is 676. The number of rotatable bonds is 4. The topological polar surface area (TPSA) is 40.6 Å². The Labute approximate surface area is 155 Å². The number of benzene rings is 1. The van der Waals surface area contributed by atoms with Crippen LogP contribution in [0.2, 0.25) is 0 Å². The van der Waals surface area contributed by atoms with Crippen LogP contribution in [0.25, 0.3) is 0 Å². The molecule has 5 heteroatoms. The zero-order valence-electron chi connectivity index (χ0n) is 15.8. The van der Waals surface area contributed by atoms with Crippen LogP contribution in [-0.2, 0) is 4.79 Å². The lowest BCUT2D eigenvalue weighted by molar-refractivity contribution is -0.139. The van der Waals surface area contributed by atoms with Crippen LogP contribution in [0.4, 0.5) is 4.39 Å². The Kier molecular flexibility index (Phi) is 5.64. The second-order valence-electron chi connectivity index (χ2n) is 8.31. The van der Waals surface area contributed by atoms with Gasteiger partial charge in [-0.15, -0.1) is 0 Å². The number of carbonyl (C=O) groups is 2. The Morgan fingerprint density at radius 2 is 2.00 bits per heavy atom. The third kappa shape index (κ3) is 4.08. The van der Waals surface area contributed by atoms with Gasteiger partial charge < -0.3 is 9.80 Å². The summed E-state index contributed by atoms with van der Waals surface area (Å²) in [6, 6.07) is 6.18. The predicted octanol–water partition coefficient (Wildman–Crippen LogP) is 3.72. The van der Waals surface area contributed by atoms with Gasteiger partial charge in [-0.25, -0.2) is 4.39 Å². The van der Waals surface area contributed by atoms with Crippen LogP contribution in [0.3, 0.4) is 0 Å². The molecule has 0 aliphatic carbocycles. The van der Waals surface area contributed by atoms with Gasteiger partial charge in [-0.05, 0) is 43.7 Å². The van der Waals surface area contributed by atoms with Gasteiger partial charge in [0.05, 0.1) is 5.56 Å². The highest BCUT2D eigenvalue weighted by Crippen LogP contribution is 2.39. The van der Waals surface area contributed by atoms with Crippen molar-refractivity contribution in [2.75, 3.05) is 26.2 Å². The smallest absolute Gasteiger partial charge is 0.256 e. The second-order valence-corrected chi connectivity index (χ2v) is 8.31. The number of hydrogen-bond donors (Lipinski definition) is 0. The lowest BCUT2D eigenvalue weighted by atomic mass is 9.73. The van der Waals surface area contributed by atoms with Crippen molar-refractivity contribution in [2.24, 2.45) is 11.3 Å². The van der Waals surface area contributed by atoms with Gasteiger partial charge in [0, 0.05) is 38.0 Å². The molecule has 2 aliphatic rings. The van der Waals surface area contributed by atoms with E-state index in [1.807, 2.05) is 4.90 Å². The highest BCUT2D eigenvalue weighted by molar-refractivity contribution is 5.94. The molecule has 2 saturated heterocycles. The molecule has 26 heavy (non-hydrogen) atoms. The SMILES string of the molecule is CC(C)CCN1C[C@@]2(CCCN(C(=O)c3ccccc3F)C2)CCC1=O. The standard InChI is InChI=1S/C21H29FN2O2/c1-16(2)9-13-23-14-21(11-8-19(23)25)10-5-12-24(15-21)20(26)17-6-3-4-7-18(17)22/h3-4,6-7,16H,5,8-15H2,1-2H3/t21-/m1/s1. The number of hydrogen-bond acceptors (Lipinski definition) is 2. The fourth-order valence-corrected chi connectivity index (χ4v) is 4.24. The summed E-state index contributed by atoms with van der Waals surface area (Å²) in [6.45, 7) is 7.12. The molecule has 2 fully saturated rings. The average Bonchev–Trinajstić information content (AvgIpc) is 2.63. The average molecular weight is 360 g/mol. The molecule has 3 rings (SSSR count). The van der Waals surface area contributed by atoms with E-state index >= 15 is 0 Å². The van der Waals surface area contributed by atoms with Crippen LogP contribution in [0, 0.1) is 17.2 Å². The summed E-state index contributed by atoms with van der Waals surface area (Å²) in [6.07, 6.45) is 4.32. The highest BCUT2D eigenvalue weighted by atomic mass is 19.1. The minimum atomic E-state index is -0.463. The van der Waals surface area contributed by atoms with E-state index in [1.165, 1.54) is 6.07 Å². The molecule has 0 bridgehead atoms. The Balaban J connectivity index is 1.71. The molecule has 0 aromatic heterocycles. The highest BCUT2D eigenvalue weighted by Gasteiger charge is 2.42. The van der Waals surface area contributed by atoms with Gasteiger partial charge in [0.2, 0.25) is 5.91 Å². The normalized spacial score (nSPS) is 23.8. The monoisotopic (exact) mass is 360 g/mol. The number of nitrogens with zero attached hydrogens (tertiary/aromatic N) is 2. The molecule has 4 nitrogen and oxygen atoms in total. The summed E-state index contributed by atoms with van der Waals surface area (Å²) < 4.78 is 14.0. The third-order valence-electron chi connectivity index (χ3n) is 5.78. The molecule has 142 valence electrons.